The molecule has 0 bridgehead atoms. The number of hydrogen-bond donors (Lipinski definition) is 1. The molecule has 0 aliphatic rings. The summed E-state index contributed by atoms with van der Waals surface area (Å²) in [6.45, 7) is 9.03. The van der Waals surface area contributed by atoms with Crippen molar-refractivity contribution in [2.75, 3.05) is 26.0 Å². The number of anilines is 1. The number of benzene rings is 1. The van der Waals surface area contributed by atoms with Gasteiger partial charge in [0.25, 0.3) is 0 Å². The third-order valence-corrected chi connectivity index (χ3v) is 2.76. The summed E-state index contributed by atoms with van der Waals surface area (Å²) in [6, 6.07) is 8.28. The lowest BCUT2D eigenvalue weighted by Crippen LogP contribution is -2.08. The molecule has 1 N–H and O–H groups in total. The quantitative estimate of drug-likeness (QED) is 0.762. The Kier molecular flexibility index (Phi) is 6.57. The first-order chi connectivity index (χ1) is 9.50. The van der Waals surface area contributed by atoms with Crippen molar-refractivity contribution >= 4 is 17.6 Å². The summed E-state index contributed by atoms with van der Waals surface area (Å²) in [4.78, 5) is 6.21. The van der Waals surface area contributed by atoms with Gasteiger partial charge in [0.15, 0.2) is 0 Å². The normalized spacial score (nSPS) is 11.4. The summed E-state index contributed by atoms with van der Waals surface area (Å²) < 4.78 is 0. The number of rotatable bonds is 7. The van der Waals surface area contributed by atoms with Crippen LogP contribution in [0.4, 0.5) is 5.69 Å². The van der Waals surface area contributed by atoms with Crippen LogP contribution >= 0.6 is 0 Å². The molecule has 0 amide bonds. The first kappa shape index (κ1) is 16.0. The fourth-order valence-electron chi connectivity index (χ4n) is 1.55. The zero-order chi connectivity index (χ0) is 15.0. The van der Waals surface area contributed by atoms with Crippen molar-refractivity contribution in [2.45, 2.75) is 13.8 Å². The van der Waals surface area contributed by atoms with Gasteiger partial charge in [0, 0.05) is 44.4 Å². The highest BCUT2D eigenvalue weighted by atomic mass is 15.1. The van der Waals surface area contributed by atoms with E-state index < -0.39 is 0 Å². The largest absolute Gasteiger partial charge is 0.382 e. The Morgan fingerprint density at radius 1 is 1.30 bits per heavy atom. The minimum Gasteiger partial charge on any atom is -0.382 e. The summed E-state index contributed by atoms with van der Waals surface area (Å²) in [7, 11) is 3.99. The van der Waals surface area contributed by atoms with Gasteiger partial charge < -0.3 is 10.2 Å². The van der Waals surface area contributed by atoms with E-state index in [1.807, 2.05) is 37.5 Å². The molecule has 3 nitrogen and oxygen atoms in total. The lowest BCUT2D eigenvalue weighted by molar-refractivity contribution is 0.593. The van der Waals surface area contributed by atoms with E-state index in [0.717, 1.165) is 23.5 Å². The average molecular weight is 271 g/mol. The van der Waals surface area contributed by atoms with Crippen molar-refractivity contribution < 1.29 is 0 Å². The third kappa shape index (κ3) is 5.74. The summed E-state index contributed by atoms with van der Waals surface area (Å²) in [6.07, 6.45) is 5.76. The molecule has 0 saturated heterocycles. The van der Waals surface area contributed by atoms with Gasteiger partial charge in [0.2, 0.25) is 0 Å². The molecule has 0 saturated carbocycles. The first-order valence-corrected chi connectivity index (χ1v) is 6.89. The van der Waals surface area contributed by atoms with Gasteiger partial charge in [-0.25, -0.2) is 0 Å². The van der Waals surface area contributed by atoms with E-state index in [4.69, 9.17) is 0 Å². The molecule has 0 aliphatic heterocycles. The zero-order valence-corrected chi connectivity index (χ0v) is 12.9. The summed E-state index contributed by atoms with van der Waals surface area (Å²) in [5.74, 6) is 0.491. The molecule has 0 aromatic heterocycles. The fourth-order valence-corrected chi connectivity index (χ4v) is 1.55. The van der Waals surface area contributed by atoms with Crippen LogP contribution < -0.4 is 5.32 Å². The minimum absolute atomic E-state index is 0.491. The Bertz CT molecular complexity index is 468. The number of aliphatic imine (C=N–C) groups is 1. The van der Waals surface area contributed by atoms with E-state index in [-0.39, 0.29) is 0 Å². The standard InChI is InChI=1S/C17H25N3/c1-14(2)13-18-11-6-12-19-17-9-7-16(8-10-17)15(3)20(4)5/h6-11,13-14,19H,3,12H2,1-2,4-5H3/b11-6-,18-13?. The molecule has 1 aromatic carbocycles. The molecule has 0 aliphatic carbocycles. The summed E-state index contributed by atoms with van der Waals surface area (Å²) >= 11 is 0. The van der Waals surface area contributed by atoms with Crippen molar-refractivity contribution in [3.05, 3.63) is 48.7 Å². The molecule has 0 atom stereocenters. The maximum Gasteiger partial charge on any atom is 0.0361 e. The molecule has 0 spiro atoms. The van der Waals surface area contributed by atoms with Crippen LogP contribution in [0.25, 0.3) is 5.70 Å². The predicted molar refractivity (Wildman–Crippen MR) is 90.1 cm³/mol. The highest BCUT2D eigenvalue weighted by Gasteiger charge is 2.00. The predicted octanol–water partition coefficient (Wildman–Crippen LogP) is 3.87. The lowest BCUT2D eigenvalue weighted by Gasteiger charge is -2.16. The molecule has 1 aromatic rings. The van der Waals surface area contributed by atoms with Gasteiger partial charge in [-0.15, -0.1) is 0 Å². The molecule has 3 heteroatoms. The Balaban J connectivity index is 2.44. The van der Waals surface area contributed by atoms with E-state index in [2.05, 4.69) is 55.0 Å². The topological polar surface area (TPSA) is 27.6 Å². The van der Waals surface area contributed by atoms with Gasteiger partial charge in [0.1, 0.15) is 0 Å². The van der Waals surface area contributed by atoms with E-state index in [9.17, 15) is 0 Å². The van der Waals surface area contributed by atoms with Crippen molar-refractivity contribution in [2.24, 2.45) is 10.9 Å². The number of hydrogen-bond acceptors (Lipinski definition) is 3. The van der Waals surface area contributed by atoms with Crippen LogP contribution in [-0.2, 0) is 0 Å². The van der Waals surface area contributed by atoms with E-state index in [1.165, 1.54) is 0 Å². The second-order valence-electron chi connectivity index (χ2n) is 5.23. The van der Waals surface area contributed by atoms with E-state index in [1.54, 1.807) is 0 Å². The number of nitrogens with zero attached hydrogens (tertiary/aromatic N) is 2. The Labute approximate surface area is 122 Å². The fraction of sp³-hybridized carbons (Fsp3) is 0.353. The third-order valence-electron chi connectivity index (χ3n) is 2.76. The molecule has 1 rings (SSSR count). The van der Waals surface area contributed by atoms with Gasteiger partial charge in [0.05, 0.1) is 0 Å². The van der Waals surface area contributed by atoms with Crippen molar-refractivity contribution in [3.63, 3.8) is 0 Å². The Hall–Kier alpha value is -2.03. The van der Waals surface area contributed by atoms with Crippen LogP contribution in [0.2, 0.25) is 0 Å². The zero-order valence-electron chi connectivity index (χ0n) is 12.9. The molecular formula is C17H25N3. The van der Waals surface area contributed by atoms with Crippen LogP contribution in [0.1, 0.15) is 19.4 Å². The van der Waals surface area contributed by atoms with Gasteiger partial charge in [-0.3, -0.25) is 4.99 Å². The molecule has 0 unspecified atom stereocenters. The molecule has 0 heterocycles. The smallest absolute Gasteiger partial charge is 0.0361 e. The van der Waals surface area contributed by atoms with Crippen molar-refractivity contribution in [1.82, 2.24) is 4.90 Å². The summed E-state index contributed by atoms with van der Waals surface area (Å²) in [5, 5.41) is 3.32. The maximum atomic E-state index is 4.20. The SMILES string of the molecule is C=C(c1ccc(NC/C=C\N=CC(C)C)cc1)N(C)C. The van der Waals surface area contributed by atoms with Crippen molar-refractivity contribution in [3.8, 4) is 0 Å². The van der Waals surface area contributed by atoms with Crippen LogP contribution in [0.3, 0.4) is 0 Å². The van der Waals surface area contributed by atoms with E-state index in [0.29, 0.717) is 5.92 Å². The van der Waals surface area contributed by atoms with Crippen LogP contribution in [0.15, 0.2) is 48.1 Å². The van der Waals surface area contributed by atoms with Crippen LogP contribution in [0, 0.1) is 5.92 Å². The maximum absolute atomic E-state index is 4.20. The first-order valence-electron chi connectivity index (χ1n) is 6.89. The molecule has 108 valence electrons. The summed E-state index contributed by atoms with van der Waals surface area (Å²) in [5.41, 5.74) is 3.25. The second kappa shape index (κ2) is 8.20. The monoisotopic (exact) mass is 271 g/mol. The van der Waals surface area contributed by atoms with Crippen LogP contribution in [-0.4, -0.2) is 31.8 Å². The highest BCUT2D eigenvalue weighted by molar-refractivity contribution is 5.63. The second-order valence-corrected chi connectivity index (χ2v) is 5.23. The van der Waals surface area contributed by atoms with E-state index >= 15 is 0 Å². The molecular weight excluding hydrogens is 246 g/mol. The Morgan fingerprint density at radius 3 is 2.50 bits per heavy atom. The van der Waals surface area contributed by atoms with Gasteiger partial charge >= 0.3 is 0 Å². The van der Waals surface area contributed by atoms with Gasteiger partial charge in [-0.2, -0.15) is 0 Å². The molecule has 0 fully saturated rings. The Morgan fingerprint density at radius 2 is 1.95 bits per heavy atom. The minimum atomic E-state index is 0.491. The van der Waals surface area contributed by atoms with Crippen molar-refractivity contribution in [1.29, 1.82) is 0 Å². The average Bonchev–Trinajstić information content (AvgIpc) is 2.42. The highest BCUT2D eigenvalue weighted by Crippen LogP contribution is 2.17. The number of nitrogens with one attached hydrogen (secondary N) is 1. The van der Waals surface area contributed by atoms with Gasteiger partial charge in [-0.1, -0.05) is 32.6 Å². The molecule has 0 radical (unpaired) electrons. The lowest BCUT2D eigenvalue weighted by atomic mass is 10.1. The molecule has 20 heavy (non-hydrogen) atoms. The van der Waals surface area contributed by atoms with Crippen LogP contribution in [0.5, 0.6) is 0 Å². The van der Waals surface area contributed by atoms with Gasteiger partial charge in [-0.05, 0) is 29.7 Å².